The summed E-state index contributed by atoms with van der Waals surface area (Å²) >= 11 is 0. The summed E-state index contributed by atoms with van der Waals surface area (Å²) in [4.78, 5) is 0. The van der Waals surface area contributed by atoms with E-state index in [-0.39, 0.29) is 0 Å². The molecule has 0 aromatic heterocycles. The Hall–Kier alpha value is -1.42. The molecule has 1 nitrogen and oxygen atoms in total. The molecule has 1 unspecified atom stereocenters. The van der Waals surface area contributed by atoms with Crippen LogP contribution in [0.2, 0.25) is 0 Å². The third kappa shape index (κ3) is 2.53. The molecule has 15 heavy (non-hydrogen) atoms. The molecular formula is C14H18O. The molecule has 0 aliphatic rings. The molecule has 0 N–H and O–H groups in total. The average molecular weight is 202 g/mol. The molecule has 1 aromatic rings. The van der Waals surface area contributed by atoms with Crippen LogP contribution in [-0.4, -0.2) is 7.11 Å². The van der Waals surface area contributed by atoms with Crippen molar-refractivity contribution in [2.75, 3.05) is 7.11 Å². The second-order valence-electron chi connectivity index (χ2n) is 3.99. The first kappa shape index (κ1) is 11.7. The highest BCUT2D eigenvalue weighted by atomic mass is 16.5. The van der Waals surface area contributed by atoms with Crippen molar-refractivity contribution in [3.63, 3.8) is 0 Å². The Morgan fingerprint density at radius 1 is 1.33 bits per heavy atom. The van der Waals surface area contributed by atoms with Crippen LogP contribution < -0.4 is 4.74 Å². The molecule has 0 fully saturated rings. The van der Waals surface area contributed by atoms with Gasteiger partial charge in [-0.3, -0.25) is 0 Å². The van der Waals surface area contributed by atoms with Gasteiger partial charge >= 0.3 is 0 Å². The third-order valence-corrected chi connectivity index (χ3v) is 2.74. The van der Waals surface area contributed by atoms with Crippen molar-refractivity contribution < 1.29 is 4.74 Å². The van der Waals surface area contributed by atoms with Crippen LogP contribution in [0.4, 0.5) is 0 Å². The summed E-state index contributed by atoms with van der Waals surface area (Å²) in [5.74, 6) is 4.07. The molecule has 0 bridgehead atoms. The Bertz CT molecular complexity index is 385. The van der Waals surface area contributed by atoms with Gasteiger partial charge in [-0.2, -0.15) is 0 Å². The van der Waals surface area contributed by atoms with Crippen LogP contribution in [0, 0.1) is 26.2 Å². The summed E-state index contributed by atoms with van der Waals surface area (Å²) in [6, 6.07) is 4.26. The largest absolute Gasteiger partial charge is 0.496 e. The normalized spacial score (nSPS) is 11.9. The monoisotopic (exact) mass is 202 g/mol. The molecule has 0 aliphatic heterocycles. The van der Waals surface area contributed by atoms with Crippen molar-refractivity contribution in [3.8, 4) is 18.1 Å². The van der Waals surface area contributed by atoms with Crippen LogP contribution in [0.3, 0.4) is 0 Å². The van der Waals surface area contributed by atoms with Gasteiger partial charge in [-0.05, 0) is 42.5 Å². The average Bonchev–Trinajstić information content (AvgIpc) is 2.21. The number of terminal acetylenes is 1. The van der Waals surface area contributed by atoms with Crippen molar-refractivity contribution in [2.45, 2.75) is 33.1 Å². The molecule has 0 saturated carbocycles. The van der Waals surface area contributed by atoms with Gasteiger partial charge in [-0.25, -0.2) is 0 Å². The Morgan fingerprint density at radius 2 is 2.00 bits per heavy atom. The summed E-state index contributed by atoms with van der Waals surface area (Å²) in [6.45, 7) is 6.32. The summed E-state index contributed by atoms with van der Waals surface area (Å²) in [7, 11) is 1.70. The highest BCUT2D eigenvalue weighted by Crippen LogP contribution is 2.28. The minimum Gasteiger partial charge on any atom is -0.496 e. The molecule has 80 valence electrons. The van der Waals surface area contributed by atoms with Gasteiger partial charge in [-0.15, -0.1) is 12.3 Å². The molecule has 0 spiro atoms. The predicted molar refractivity (Wildman–Crippen MR) is 64.3 cm³/mol. The van der Waals surface area contributed by atoms with Crippen molar-refractivity contribution in [1.29, 1.82) is 0 Å². The lowest BCUT2D eigenvalue weighted by molar-refractivity contribution is 0.411. The second-order valence-corrected chi connectivity index (χ2v) is 3.99. The molecule has 0 aliphatic carbocycles. The van der Waals surface area contributed by atoms with Gasteiger partial charge in [0, 0.05) is 6.42 Å². The lowest BCUT2D eigenvalue weighted by Gasteiger charge is -2.15. The number of hydrogen-bond acceptors (Lipinski definition) is 1. The van der Waals surface area contributed by atoms with Crippen molar-refractivity contribution in [3.05, 3.63) is 28.8 Å². The third-order valence-electron chi connectivity index (χ3n) is 2.74. The van der Waals surface area contributed by atoms with E-state index in [0.29, 0.717) is 5.92 Å². The topological polar surface area (TPSA) is 9.23 Å². The quantitative estimate of drug-likeness (QED) is 0.682. The van der Waals surface area contributed by atoms with E-state index in [1.807, 2.05) is 0 Å². The summed E-state index contributed by atoms with van der Waals surface area (Å²) in [6.07, 6.45) is 6.12. The first-order valence-corrected chi connectivity index (χ1v) is 5.18. The van der Waals surface area contributed by atoms with Gasteiger partial charge in [0.05, 0.1) is 7.11 Å². The number of hydrogen-bond donors (Lipinski definition) is 0. The van der Waals surface area contributed by atoms with Crippen molar-refractivity contribution in [2.24, 2.45) is 0 Å². The standard InChI is InChI=1S/C14H18O/c1-6-7-10(2)13-8-12(4)14(15-5)9-11(13)3/h1,8-10H,7H2,2-5H3. The van der Waals surface area contributed by atoms with Crippen LogP contribution in [-0.2, 0) is 0 Å². The Balaban J connectivity index is 3.11. The zero-order valence-corrected chi connectivity index (χ0v) is 9.92. The summed E-state index contributed by atoms with van der Waals surface area (Å²) in [5.41, 5.74) is 3.74. The molecule has 1 heteroatoms. The zero-order valence-electron chi connectivity index (χ0n) is 9.92. The van der Waals surface area contributed by atoms with Crippen LogP contribution in [0.5, 0.6) is 5.75 Å². The minimum atomic E-state index is 0.416. The van der Waals surface area contributed by atoms with E-state index in [9.17, 15) is 0 Å². The lowest BCUT2D eigenvalue weighted by Crippen LogP contribution is -1.98. The molecule has 1 atom stereocenters. The fraction of sp³-hybridized carbons (Fsp3) is 0.429. The summed E-state index contributed by atoms with van der Waals surface area (Å²) in [5, 5.41) is 0. The first-order valence-electron chi connectivity index (χ1n) is 5.18. The van der Waals surface area contributed by atoms with Crippen molar-refractivity contribution in [1.82, 2.24) is 0 Å². The zero-order chi connectivity index (χ0) is 11.4. The molecular weight excluding hydrogens is 184 g/mol. The van der Waals surface area contributed by atoms with Crippen LogP contribution in [0.15, 0.2) is 12.1 Å². The van der Waals surface area contributed by atoms with Gasteiger partial charge < -0.3 is 4.74 Å². The Kier molecular flexibility index (Phi) is 3.80. The van der Waals surface area contributed by atoms with Gasteiger partial charge in [0.15, 0.2) is 0 Å². The molecule has 0 saturated heterocycles. The number of benzene rings is 1. The molecule has 0 heterocycles. The fourth-order valence-electron chi connectivity index (χ4n) is 1.85. The lowest BCUT2D eigenvalue weighted by atomic mass is 9.92. The van der Waals surface area contributed by atoms with Crippen LogP contribution in [0.1, 0.15) is 36.0 Å². The highest BCUT2D eigenvalue weighted by molar-refractivity contribution is 5.43. The number of methoxy groups -OCH3 is 1. The Labute approximate surface area is 92.5 Å². The van der Waals surface area contributed by atoms with Gasteiger partial charge in [0.1, 0.15) is 5.75 Å². The van der Waals surface area contributed by atoms with Gasteiger partial charge in [0.25, 0.3) is 0 Å². The van der Waals surface area contributed by atoms with E-state index in [1.54, 1.807) is 7.11 Å². The SMILES string of the molecule is C#CCC(C)c1cc(C)c(OC)cc1C. The fourth-order valence-corrected chi connectivity index (χ4v) is 1.85. The van der Waals surface area contributed by atoms with Gasteiger partial charge in [0.2, 0.25) is 0 Å². The maximum Gasteiger partial charge on any atom is 0.122 e. The predicted octanol–water partition coefficient (Wildman–Crippen LogP) is 3.44. The maximum absolute atomic E-state index is 5.34. The van der Waals surface area contributed by atoms with Crippen molar-refractivity contribution >= 4 is 0 Å². The summed E-state index contributed by atoms with van der Waals surface area (Å²) < 4.78 is 5.28. The van der Waals surface area contributed by atoms with Gasteiger partial charge in [-0.1, -0.05) is 13.0 Å². The van der Waals surface area contributed by atoms with E-state index < -0.39 is 0 Å². The minimum absolute atomic E-state index is 0.416. The van der Waals surface area contributed by atoms with Crippen LogP contribution in [0.25, 0.3) is 0 Å². The first-order chi connectivity index (χ1) is 7.10. The van der Waals surface area contributed by atoms with E-state index in [1.165, 1.54) is 16.7 Å². The van der Waals surface area contributed by atoms with E-state index in [2.05, 4.69) is 38.8 Å². The maximum atomic E-state index is 5.34. The van der Waals surface area contributed by atoms with E-state index in [0.717, 1.165) is 12.2 Å². The number of ether oxygens (including phenoxy) is 1. The molecule has 0 radical (unpaired) electrons. The van der Waals surface area contributed by atoms with E-state index in [4.69, 9.17) is 11.2 Å². The van der Waals surface area contributed by atoms with E-state index >= 15 is 0 Å². The molecule has 0 amide bonds. The smallest absolute Gasteiger partial charge is 0.122 e. The Morgan fingerprint density at radius 3 is 2.53 bits per heavy atom. The number of rotatable bonds is 3. The second kappa shape index (κ2) is 4.89. The van der Waals surface area contributed by atoms with Crippen LogP contribution >= 0.6 is 0 Å². The number of aryl methyl sites for hydroxylation is 2. The molecule has 1 aromatic carbocycles. The highest BCUT2D eigenvalue weighted by Gasteiger charge is 2.10. The molecule has 1 rings (SSSR count).